The Labute approximate surface area is 81.1 Å². The lowest BCUT2D eigenvalue weighted by atomic mass is 10.2. The average molecular weight is 230 g/mol. The van der Waals surface area contributed by atoms with Gasteiger partial charge in [-0.1, -0.05) is 15.9 Å². The van der Waals surface area contributed by atoms with E-state index >= 15 is 0 Å². The molecule has 1 heterocycles. The van der Waals surface area contributed by atoms with E-state index < -0.39 is 0 Å². The number of hydrogen-bond acceptors (Lipinski definition) is 2. The molecular weight excluding hydrogens is 218 g/mol. The summed E-state index contributed by atoms with van der Waals surface area (Å²) in [4.78, 5) is 4.53. The summed E-state index contributed by atoms with van der Waals surface area (Å²) >= 11 is 3.50. The normalized spacial score (nSPS) is 12.7. The largest absolute Gasteiger partial charge is 0.481 e. The van der Waals surface area contributed by atoms with Gasteiger partial charge in [0.05, 0.1) is 7.11 Å². The summed E-state index contributed by atoms with van der Waals surface area (Å²) in [6.07, 6.45) is 0. The Balaban J connectivity index is 3.06. The van der Waals surface area contributed by atoms with Gasteiger partial charge < -0.3 is 4.74 Å². The zero-order valence-electron chi connectivity index (χ0n) is 7.47. The van der Waals surface area contributed by atoms with Crippen LogP contribution in [0.3, 0.4) is 0 Å². The monoisotopic (exact) mass is 229 g/mol. The van der Waals surface area contributed by atoms with Crippen LogP contribution >= 0.6 is 15.9 Å². The highest BCUT2D eigenvalue weighted by atomic mass is 79.9. The third-order valence-corrected chi connectivity index (χ3v) is 2.15. The fourth-order valence-electron chi connectivity index (χ4n) is 0.998. The number of alkyl halides is 1. The molecule has 0 aliphatic rings. The number of hydrogen-bond donors (Lipinski definition) is 0. The number of nitrogens with zero attached hydrogens (tertiary/aromatic N) is 1. The van der Waals surface area contributed by atoms with Crippen LogP contribution in [0.25, 0.3) is 0 Å². The Morgan fingerprint density at radius 2 is 2.17 bits per heavy atom. The second-order valence-electron chi connectivity index (χ2n) is 2.70. The number of halogens is 1. The van der Waals surface area contributed by atoms with Crippen molar-refractivity contribution in [3.63, 3.8) is 0 Å². The van der Waals surface area contributed by atoms with E-state index in [0.29, 0.717) is 10.7 Å². The van der Waals surface area contributed by atoms with E-state index in [0.717, 1.165) is 5.69 Å². The molecule has 0 N–H and O–H groups in total. The molecule has 12 heavy (non-hydrogen) atoms. The van der Waals surface area contributed by atoms with Gasteiger partial charge in [-0.3, -0.25) is 0 Å². The standard InChI is InChI=1S/C9H12BrNO/c1-6-4-8(7(2)10)5-9(11-6)12-3/h4-5,7H,1-3H3. The number of ether oxygens (including phenoxy) is 1. The van der Waals surface area contributed by atoms with Crippen LogP contribution in [0.1, 0.15) is 23.0 Å². The molecule has 1 aromatic heterocycles. The van der Waals surface area contributed by atoms with Crippen molar-refractivity contribution >= 4 is 15.9 Å². The van der Waals surface area contributed by atoms with Gasteiger partial charge in [0.1, 0.15) is 0 Å². The average Bonchev–Trinajstić information content (AvgIpc) is 2.03. The van der Waals surface area contributed by atoms with Gasteiger partial charge in [-0.25, -0.2) is 4.98 Å². The van der Waals surface area contributed by atoms with Crippen LogP contribution in [0.15, 0.2) is 12.1 Å². The van der Waals surface area contributed by atoms with Crippen LogP contribution in [0, 0.1) is 6.92 Å². The number of rotatable bonds is 2. The quantitative estimate of drug-likeness (QED) is 0.729. The summed E-state index contributed by atoms with van der Waals surface area (Å²) in [5, 5.41) is 0. The Bertz CT molecular complexity index is 273. The van der Waals surface area contributed by atoms with Crippen molar-refractivity contribution in [2.24, 2.45) is 0 Å². The minimum Gasteiger partial charge on any atom is -0.481 e. The molecule has 0 spiro atoms. The Morgan fingerprint density at radius 3 is 2.67 bits per heavy atom. The second kappa shape index (κ2) is 3.90. The van der Waals surface area contributed by atoms with Crippen molar-refractivity contribution in [3.05, 3.63) is 23.4 Å². The highest BCUT2D eigenvalue weighted by Crippen LogP contribution is 2.24. The van der Waals surface area contributed by atoms with Crippen molar-refractivity contribution < 1.29 is 4.74 Å². The first-order valence-electron chi connectivity index (χ1n) is 3.80. The van der Waals surface area contributed by atoms with Gasteiger partial charge in [0.25, 0.3) is 0 Å². The summed E-state index contributed by atoms with van der Waals surface area (Å²) in [5.74, 6) is 0.677. The molecule has 0 radical (unpaired) electrons. The Kier molecular flexibility index (Phi) is 3.09. The lowest BCUT2D eigenvalue weighted by Crippen LogP contribution is -1.93. The number of aryl methyl sites for hydroxylation is 1. The number of aromatic nitrogens is 1. The molecule has 0 fully saturated rings. The van der Waals surface area contributed by atoms with E-state index in [9.17, 15) is 0 Å². The third kappa shape index (κ3) is 2.21. The maximum absolute atomic E-state index is 5.05. The minimum absolute atomic E-state index is 0.341. The molecular formula is C9H12BrNO. The first-order valence-corrected chi connectivity index (χ1v) is 4.71. The van der Waals surface area contributed by atoms with Gasteiger partial charge in [-0.2, -0.15) is 0 Å². The molecule has 66 valence electrons. The van der Waals surface area contributed by atoms with Crippen molar-refractivity contribution in [2.45, 2.75) is 18.7 Å². The third-order valence-electron chi connectivity index (χ3n) is 1.62. The van der Waals surface area contributed by atoms with Crippen molar-refractivity contribution in [1.29, 1.82) is 0 Å². The van der Waals surface area contributed by atoms with Crippen LogP contribution in [-0.2, 0) is 0 Å². The van der Waals surface area contributed by atoms with E-state index in [1.807, 2.05) is 19.1 Å². The lowest BCUT2D eigenvalue weighted by molar-refractivity contribution is 0.396. The summed E-state index contributed by atoms with van der Waals surface area (Å²) in [6.45, 7) is 4.04. The predicted molar refractivity (Wildman–Crippen MR) is 52.9 cm³/mol. The molecule has 0 aliphatic carbocycles. The van der Waals surface area contributed by atoms with Gasteiger partial charge in [-0.05, 0) is 25.5 Å². The Morgan fingerprint density at radius 1 is 1.50 bits per heavy atom. The Hall–Kier alpha value is -0.570. The summed E-state index contributed by atoms with van der Waals surface area (Å²) in [6, 6.07) is 3.98. The van der Waals surface area contributed by atoms with Crippen LogP contribution in [0.2, 0.25) is 0 Å². The fraction of sp³-hybridized carbons (Fsp3) is 0.444. The van der Waals surface area contributed by atoms with E-state index in [1.54, 1.807) is 7.11 Å². The van der Waals surface area contributed by atoms with E-state index in [1.165, 1.54) is 5.56 Å². The molecule has 0 aromatic carbocycles. The van der Waals surface area contributed by atoms with Crippen molar-refractivity contribution in [2.75, 3.05) is 7.11 Å². The fourth-order valence-corrected chi connectivity index (χ4v) is 1.26. The van der Waals surface area contributed by atoms with E-state index in [-0.39, 0.29) is 0 Å². The van der Waals surface area contributed by atoms with Crippen LogP contribution in [-0.4, -0.2) is 12.1 Å². The molecule has 1 unspecified atom stereocenters. The molecule has 0 saturated carbocycles. The zero-order chi connectivity index (χ0) is 9.14. The molecule has 2 nitrogen and oxygen atoms in total. The zero-order valence-corrected chi connectivity index (χ0v) is 9.05. The van der Waals surface area contributed by atoms with Gasteiger partial charge >= 0.3 is 0 Å². The SMILES string of the molecule is COc1cc(C(C)Br)cc(C)n1. The van der Waals surface area contributed by atoms with Crippen LogP contribution in [0.4, 0.5) is 0 Å². The topological polar surface area (TPSA) is 22.1 Å². The smallest absolute Gasteiger partial charge is 0.213 e. The van der Waals surface area contributed by atoms with E-state index in [4.69, 9.17) is 4.74 Å². The summed E-state index contributed by atoms with van der Waals surface area (Å²) in [5.41, 5.74) is 2.18. The molecule has 0 bridgehead atoms. The first kappa shape index (κ1) is 9.52. The van der Waals surface area contributed by atoms with Gasteiger partial charge in [0, 0.05) is 16.6 Å². The highest BCUT2D eigenvalue weighted by molar-refractivity contribution is 9.09. The molecule has 1 atom stereocenters. The number of pyridine rings is 1. The minimum atomic E-state index is 0.341. The van der Waals surface area contributed by atoms with E-state index in [2.05, 4.69) is 27.8 Å². The van der Waals surface area contributed by atoms with Gasteiger partial charge in [0.15, 0.2) is 0 Å². The molecule has 0 amide bonds. The molecule has 1 rings (SSSR count). The van der Waals surface area contributed by atoms with Crippen LogP contribution in [0.5, 0.6) is 5.88 Å². The summed E-state index contributed by atoms with van der Waals surface area (Å²) in [7, 11) is 1.63. The second-order valence-corrected chi connectivity index (χ2v) is 4.07. The lowest BCUT2D eigenvalue weighted by Gasteiger charge is -2.06. The molecule has 1 aromatic rings. The maximum Gasteiger partial charge on any atom is 0.213 e. The predicted octanol–water partition coefficient (Wildman–Crippen LogP) is 2.85. The number of methoxy groups -OCH3 is 1. The van der Waals surface area contributed by atoms with Gasteiger partial charge in [0.2, 0.25) is 5.88 Å². The summed E-state index contributed by atoms with van der Waals surface area (Å²) < 4.78 is 5.05. The van der Waals surface area contributed by atoms with Crippen LogP contribution < -0.4 is 4.74 Å². The van der Waals surface area contributed by atoms with Gasteiger partial charge in [-0.15, -0.1) is 0 Å². The molecule has 0 saturated heterocycles. The van der Waals surface area contributed by atoms with Crippen molar-refractivity contribution in [3.8, 4) is 5.88 Å². The van der Waals surface area contributed by atoms with Crippen molar-refractivity contribution in [1.82, 2.24) is 4.98 Å². The molecule has 0 aliphatic heterocycles. The molecule has 3 heteroatoms. The maximum atomic E-state index is 5.05. The first-order chi connectivity index (χ1) is 5.63. The highest BCUT2D eigenvalue weighted by Gasteiger charge is 2.04.